The number of aromatic hydroxyl groups is 1. The molecule has 80 valence electrons. The van der Waals surface area contributed by atoms with Gasteiger partial charge in [0.2, 0.25) is 0 Å². The molecule has 3 N–H and O–H groups in total. The number of aliphatic hydroxyl groups excluding tert-OH is 1. The van der Waals surface area contributed by atoms with Crippen molar-refractivity contribution in [2.24, 2.45) is 0 Å². The summed E-state index contributed by atoms with van der Waals surface area (Å²) in [7, 11) is 0. The second-order valence-corrected chi connectivity index (χ2v) is 4.22. The van der Waals surface area contributed by atoms with Crippen LogP contribution in [0.2, 0.25) is 0 Å². The molecule has 4 heteroatoms. The molecule has 4 nitrogen and oxygen atoms in total. The number of benzene rings is 1. The monoisotopic (exact) mass is 207 g/mol. The summed E-state index contributed by atoms with van der Waals surface area (Å²) in [4.78, 5) is 0. The highest BCUT2D eigenvalue weighted by Crippen LogP contribution is 2.46. The zero-order valence-electron chi connectivity index (χ0n) is 8.23. The van der Waals surface area contributed by atoms with Crippen molar-refractivity contribution in [3.8, 4) is 11.5 Å². The summed E-state index contributed by atoms with van der Waals surface area (Å²) in [6.07, 6.45) is 0.201. The lowest BCUT2D eigenvalue weighted by Crippen LogP contribution is -2.40. The van der Waals surface area contributed by atoms with Crippen molar-refractivity contribution in [1.29, 1.82) is 0 Å². The maximum absolute atomic E-state index is 10.2. The third kappa shape index (κ3) is 1.15. The first-order valence-corrected chi connectivity index (χ1v) is 5.12. The molecule has 2 unspecified atom stereocenters. The quantitative estimate of drug-likeness (QED) is 0.581. The van der Waals surface area contributed by atoms with Crippen molar-refractivity contribution in [2.75, 3.05) is 13.1 Å². The van der Waals surface area contributed by atoms with Crippen molar-refractivity contribution in [2.45, 2.75) is 18.1 Å². The summed E-state index contributed by atoms with van der Waals surface area (Å²) in [6.45, 7) is 1.51. The highest BCUT2D eigenvalue weighted by molar-refractivity contribution is 5.46. The number of nitrogens with one attached hydrogen (secondary N) is 1. The van der Waals surface area contributed by atoms with E-state index in [0.29, 0.717) is 12.3 Å². The third-order valence-electron chi connectivity index (χ3n) is 3.25. The van der Waals surface area contributed by atoms with Crippen LogP contribution in [0.1, 0.15) is 18.1 Å². The van der Waals surface area contributed by atoms with Gasteiger partial charge in [-0.1, -0.05) is 0 Å². The van der Waals surface area contributed by atoms with Gasteiger partial charge in [0.15, 0.2) is 5.60 Å². The van der Waals surface area contributed by atoms with Crippen LogP contribution in [0.15, 0.2) is 18.2 Å². The fourth-order valence-electron chi connectivity index (χ4n) is 2.40. The molecule has 0 radical (unpaired) electrons. The van der Waals surface area contributed by atoms with E-state index >= 15 is 0 Å². The van der Waals surface area contributed by atoms with Crippen LogP contribution in [0.25, 0.3) is 0 Å². The molecule has 0 aliphatic carbocycles. The first kappa shape index (κ1) is 9.00. The zero-order valence-corrected chi connectivity index (χ0v) is 8.23. The molecule has 1 fully saturated rings. The molecule has 1 spiro atoms. The molecule has 1 aromatic carbocycles. The van der Waals surface area contributed by atoms with Crippen molar-refractivity contribution in [3.63, 3.8) is 0 Å². The van der Waals surface area contributed by atoms with Gasteiger partial charge >= 0.3 is 0 Å². The van der Waals surface area contributed by atoms with Crippen LogP contribution in [-0.4, -0.2) is 28.9 Å². The van der Waals surface area contributed by atoms with Gasteiger partial charge in [0.25, 0.3) is 0 Å². The number of hydrogen-bond acceptors (Lipinski definition) is 4. The van der Waals surface area contributed by atoms with Crippen LogP contribution < -0.4 is 10.1 Å². The lowest BCUT2D eigenvalue weighted by molar-refractivity contribution is -0.0126. The smallest absolute Gasteiger partial charge is 0.152 e. The van der Waals surface area contributed by atoms with E-state index in [0.717, 1.165) is 18.5 Å². The Morgan fingerprint density at radius 2 is 2.33 bits per heavy atom. The average molecular weight is 207 g/mol. The van der Waals surface area contributed by atoms with Crippen molar-refractivity contribution < 1.29 is 14.9 Å². The van der Waals surface area contributed by atoms with E-state index in [9.17, 15) is 10.2 Å². The molecule has 2 heterocycles. The zero-order chi connectivity index (χ0) is 10.5. The predicted octanol–water partition coefficient (Wildman–Crippen LogP) is 0.550. The van der Waals surface area contributed by atoms with Crippen LogP contribution in [0, 0.1) is 0 Å². The number of fused-ring (bicyclic) bond motifs is 1. The van der Waals surface area contributed by atoms with E-state index in [1.54, 1.807) is 18.2 Å². The minimum absolute atomic E-state index is 0.170. The fraction of sp³-hybridized carbons (Fsp3) is 0.455. The maximum atomic E-state index is 10.2. The molecule has 15 heavy (non-hydrogen) atoms. The maximum Gasteiger partial charge on any atom is 0.152 e. The van der Waals surface area contributed by atoms with Gasteiger partial charge in [-0.15, -0.1) is 0 Å². The van der Waals surface area contributed by atoms with Crippen LogP contribution in [-0.2, 0) is 0 Å². The molecule has 2 atom stereocenters. The summed E-state index contributed by atoms with van der Waals surface area (Å²) >= 11 is 0. The number of phenols is 1. The fourth-order valence-corrected chi connectivity index (χ4v) is 2.40. The normalized spacial score (nSPS) is 33.0. The Morgan fingerprint density at radius 1 is 1.47 bits per heavy atom. The predicted molar refractivity (Wildman–Crippen MR) is 53.9 cm³/mol. The van der Waals surface area contributed by atoms with Gasteiger partial charge in [-0.3, -0.25) is 0 Å². The van der Waals surface area contributed by atoms with Gasteiger partial charge in [-0.25, -0.2) is 0 Å². The molecule has 1 saturated heterocycles. The van der Waals surface area contributed by atoms with E-state index in [-0.39, 0.29) is 5.75 Å². The van der Waals surface area contributed by atoms with Gasteiger partial charge in [-0.05, 0) is 18.7 Å². The first-order chi connectivity index (χ1) is 7.21. The Balaban J connectivity index is 2.04. The van der Waals surface area contributed by atoms with Gasteiger partial charge in [-0.2, -0.15) is 0 Å². The summed E-state index contributed by atoms with van der Waals surface area (Å²) in [5.74, 6) is 0.773. The Morgan fingerprint density at radius 3 is 3.07 bits per heavy atom. The Labute approximate surface area is 87.5 Å². The molecule has 2 aliphatic heterocycles. The number of ether oxygens (including phenoxy) is 1. The summed E-state index contributed by atoms with van der Waals surface area (Å²) in [5.41, 5.74) is 0.257. The van der Waals surface area contributed by atoms with Crippen molar-refractivity contribution in [1.82, 2.24) is 5.32 Å². The minimum atomic E-state index is -0.594. The first-order valence-electron chi connectivity index (χ1n) is 5.12. The number of rotatable bonds is 0. The molecule has 0 saturated carbocycles. The van der Waals surface area contributed by atoms with Gasteiger partial charge in [0, 0.05) is 24.6 Å². The van der Waals surface area contributed by atoms with E-state index in [1.807, 2.05) is 0 Å². The minimum Gasteiger partial charge on any atom is -0.508 e. The summed E-state index contributed by atoms with van der Waals surface area (Å²) < 4.78 is 5.78. The molecule has 0 bridgehead atoms. The van der Waals surface area contributed by atoms with Crippen molar-refractivity contribution >= 4 is 0 Å². The molecule has 3 rings (SSSR count). The number of hydrogen-bond donors (Lipinski definition) is 3. The number of aliphatic hydroxyl groups is 1. The Kier molecular flexibility index (Phi) is 1.72. The van der Waals surface area contributed by atoms with Gasteiger partial charge in [0.05, 0.1) is 0 Å². The summed E-state index contributed by atoms with van der Waals surface area (Å²) in [5, 5.41) is 22.7. The largest absolute Gasteiger partial charge is 0.508 e. The SMILES string of the molecule is Oc1ccc2c(c1)OC1(CCNC1)C2O. The molecule has 0 aromatic heterocycles. The van der Waals surface area contributed by atoms with Crippen LogP contribution in [0.3, 0.4) is 0 Å². The molecule has 0 amide bonds. The van der Waals surface area contributed by atoms with E-state index in [4.69, 9.17) is 4.74 Å². The van der Waals surface area contributed by atoms with Crippen LogP contribution in [0.5, 0.6) is 11.5 Å². The standard InChI is InChI=1S/C11H13NO3/c13-7-1-2-8-9(5-7)15-11(10(8)14)3-4-12-6-11/h1-2,5,10,12-14H,3-4,6H2. The van der Waals surface area contributed by atoms with Gasteiger partial charge in [0.1, 0.15) is 17.6 Å². The highest BCUT2D eigenvalue weighted by atomic mass is 16.5. The Bertz CT molecular complexity index is 399. The molecular weight excluding hydrogens is 194 g/mol. The third-order valence-corrected chi connectivity index (χ3v) is 3.25. The van der Waals surface area contributed by atoms with Gasteiger partial charge < -0.3 is 20.3 Å². The molecule has 2 aliphatic rings. The number of phenolic OH excluding ortho intramolecular Hbond substituents is 1. The second kappa shape index (κ2) is 2.87. The lowest BCUT2D eigenvalue weighted by atomic mass is 9.93. The highest BCUT2D eigenvalue weighted by Gasteiger charge is 2.49. The lowest BCUT2D eigenvalue weighted by Gasteiger charge is -2.25. The molecule has 1 aromatic rings. The van der Waals surface area contributed by atoms with Crippen molar-refractivity contribution in [3.05, 3.63) is 23.8 Å². The van der Waals surface area contributed by atoms with Crippen LogP contribution in [0.4, 0.5) is 0 Å². The van der Waals surface area contributed by atoms with E-state index in [2.05, 4.69) is 5.32 Å². The second-order valence-electron chi connectivity index (χ2n) is 4.22. The summed E-state index contributed by atoms with van der Waals surface area (Å²) in [6, 6.07) is 4.86. The topological polar surface area (TPSA) is 61.7 Å². The van der Waals surface area contributed by atoms with E-state index < -0.39 is 11.7 Å². The Hall–Kier alpha value is -1.26. The van der Waals surface area contributed by atoms with E-state index in [1.165, 1.54) is 0 Å². The van der Waals surface area contributed by atoms with Crippen LogP contribution >= 0.6 is 0 Å². The molecular formula is C11H13NO3. The average Bonchev–Trinajstić information content (AvgIpc) is 2.76.